The van der Waals surface area contributed by atoms with Gasteiger partial charge in [0.15, 0.2) is 0 Å². The van der Waals surface area contributed by atoms with Crippen molar-refractivity contribution in [3.8, 4) is 11.1 Å². The van der Waals surface area contributed by atoms with Gasteiger partial charge in [-0.2, -0.15) is 0 Å². The summed E-state index contributed by atoms with van der Waals surface area (Å²) in [5, 5.41) is 6.95. The third kappa shape index (κ3) is 5.14. The van der Waals surface area contributed by atoms with Crippen molar-refractivity contribution >= 4 is 44.5 Å². The van der Waals surface area contributed by atoms with Crippen LogP contribution in [0.5, 0.6) is 0 Å². The molecular formula is C45H34N4. The lowest BCUT2D eigenvalue weighted by Crippen LogP contribution is -2.33. The predicted molar refractivity (Wildman–Crippen MR) is 204 cm³/mol. The van der Waals surface area contributed by atoms with E-state index in [1.54, 1.807) is 0 Å². The molecule has 2 atom stereocenters. The van der Waals surface area contributed by atoms with Crippen LogP contribution in [0.3, 0.4) is 0 Å². The molecule has 234 valence electrons. The van der Waals surface area contributed by atoms with E-state index in [2.05, 4.69) is 156 Å². The number of benzene rings is 6. The van der Waals surface area contributed by atoms with E-state index in [-0.39, 0.29) is 12.1 Å². The minimum absolute atomic E-state index is 0.0238. The lowest BCUT2D eigenvalue weighted by molar-refractivity contribution is 0.708. The zero-order valence-corrected chi connectivity index (χ0v) is 26.9. The third-order valence-corrected chi connectivity index (χ3v) is 9.83. The maximum absolute atomic E-state index is 6.82. The van der Waals surface area contributed by atoms with E-state index in [1.807, 2.05) is 18.5 Å². The molecule has 1 aromatic heterocycles. The Hall–Kier alpha value is -6.10. The van der Waals surface area contributed by atoms with Crippen molar-refractivity contribution in [3.05, 3.63) is 191 Å². The monoisotopic (exact) mass is 630 g/mol. The van der Waals surface area contributed by atoms with Crippen molar-refractivity contribution in [2.24, 2.45) is 15.7 Å². The molecular weight excluding hydrogens is 597 g/mol. The Bertz CT molecular complexity index is 2640. The van der Waals surface area contributed by atoms with Crippen LogP contribution in [0.4, 0.5) is 0 Å². The maximum Gasteiger partial charge on any atom is 0.100 e. The molecule has 0 fully saturated rings. The summed E-state index contributed by atoms with van der Waals surface area (Å²) in [6.45, 7) is 0. The first-order chi connectivity index (χ1) is 24.2. The van der Waals surface area contributed by atoms with Gasteiger partial charge < -0.3 is 5.73 Å². The molecule has 2 aliphatic rings. The van der Waals surface area contributed by atoms with E-state index in [4.69, 9.17) is 15.7 Å². The molecule has 2 N–H and O–H groups in total. The largest absolute Gasteiger partial charge is 0.321 e. The zero-order valence-electron chi connectivity index (χ0n) is 26.9. The van der Waals surface area contributed by atoms with Gasteiger partial charge in [-0.05, 0) is 56.8 Å². The van der Waals surface area contributed by atoms with Gasteiger partial charge in [-0.15, -0.1) is 0 Å². The fraction of sp³-hybridized carbons (Fsp3) is 0.0667. The van der Waals surface area contributed by atoms with Crippen molar-refractivity contribution in [3.63, 3.8) is 0 Å². The fourth-order valence-electron chi connectivity index (χ4n) is 7.44. The fourth-order valence-corrected chi connectivity index (χ4v) is 7.44. The quantitative estimate of drug-likeness (QED) is 0.150. The van der Waals surface area contributed by atoms with E-state index in [1.165, 1.54) is 38.2 Å². The van der Waals surface area contributed by atoms with Crippen LogP contribution in [0.15, 0.2) is 185 Å². The normalized spacial score (nSPS) is 18.3. The van der Waals surface area contributed by atoms with Crippen molar-refractivity contribution in [2.75, 3.05) is 0 Å². The highest BCUT2D eigenvalue weighted by Crippen LogP contribution is 2.37. The van der Waals surface area contributed by atoms with Crippen LogP contribution in [0.2, 0.25) is 0 Å². The smallest absolute Gasteiger partial charge is 0.100 e. The number of para-hydroxylation sites is 1. The highest BCUT2D eigenvalue weighted by atomic mass is 15.0. The van der Waals surface area contributed by atoms with Crippen LogP contribution >= 0.6 is 0 Å². The van der Waals surface area contributed by atoms with Crippen LogP contribution in [-0.4, -0.2) is 16.9 Å². The number of rotatable bonds is 5. The van der Waals surface area contributed by atoms with Gasteiger partial charge >= 0.3 is 0 Å². The average Bonchev–Trinajstić information content (AvgIpc) is 3.49. The Labute approximate surface area is 284 Å². The molecule has 0 spiro atoms. The van der Waals surface area contributed by atoms with Crippen molar-refractivity contribution in [2.45, 2.75) is 18.5 Å². The number of aromatic nitrogens is 1. The number of hydrogen-bond acceptors (Lipinski definition) is 3. The van der Waals surface area contributed by atoms with Crippen LogP contribution in [-0.2, 0) is 0 Å². The molecule has 2 heterocycles. The molecule has 0 saturated carbocycles. The number of nitrogens with zero attached hydrogens (tertiary/aromatic N) is 3. The summed E-state index contributed by atoms with van der Waals surface area (Å²) in [6.07, 6.45) is 11.0. The summed E-state index contributed by atoms with van der Waals surface area (Å²) >= 11 is 0. The Kier molecular flexibility index (Phi) is 7.22. The maximum atomic E-state index is 6.82. The van der Waals surface area contributed by atoms with Gasteiger partial charge in [-0.25, -0.2) is 4.99 Å². The second kappa shape index (κ2) is 12.2. The van der Waals surface area contributed by atoms with E-state index in [9.17, 15) is 0 Å². The molecule has 6 aromatic carbocycles. The first-order valence-electron chi connectivity index (χ1n) is 16.8. The first-order valence-corrected chi connectivity index (χ1v) is 16.8. The summed E-state index contributed by atoms with van der Waals surface area (Å²) in [4.78, 5) is 10.7. The van der Waals surface area contributed by atoms with Gasteiger partial charge in [0.2, 0.25) is 0 Å². The van der Waals surface area contributed by atoms with Gasteiger partial charge in [0.05, 0.1) is 34.2 Å². The highest BCUT2D eigenvalue weighted by Gasteiger charge is 2.24. The molecule has 4 heteroatoms. The van der Waals surface area contributed by atoms with Gasteiger partial charge in [0.25, 0.3) is 0 Å². The van der Waals surface area contributed by atoms with Gasteiger partial charge in [-0.3, -0.25) is 9.56 Å². The summed E-state index contributed by atoms with van der Waals surface area (Å²) in [5.74, 6) is 0. The lowest BCUT2D eigenvalue weighted by atomic mass is 9.89. The van der Waals surface area contributed by atoms with E-state index < -0.39 is 0 Å². The van der Waals surface area contributed by atoms with E-state index in [0.717, 1.165) is 44.9 Å². The van der Waals surface area contributed by atoms with Gasteiger partial charge in [0, 0.05) is 22.4 Å². The summed E-state index contributed by atoms with van der Waals surface area (Å²) in [6, 6.07) is 49.1. The topological polar surface area (TPSA) is 55.7 Å². The molecule has 9 rings (SSSR count). The number of hydrogen-bond donors (Lipinski definition) is 1. The van der Waals surface area contributed by atoms with Crippen molar-refractivity contribution in [1.29, 1.82) is 0 Å². The van der Waals surface area contributed by atoms with Crippen LogP contribution in [0, 0.1) is 0 Å². The van der Waals surface area contributed by atoms with Crippen LogP contribution in [0.1, 0.15) is 18.0 Å². The third-order valence-electron chi connectivity index (χ3n) is 9.83. The molecule has 1 aliphatic carbocycles. The molecule has 7 aromatic rings. The predicted octanol–water partition coefficient (Wildman–Crippen LogP) is 8.81. The molecule has 0 radical (unpaired) electrons. The Morgan fingerprint density at radius 1 is 0.714 bits per heavy atom. The minimum atomic E-state index is -0.280. The second-order valence-electron chi connectivity index (χ2n) is 12.7. The second-order valence-corrected chi connectivity index (χ2v) is 12.7. The minimum Gasteiger partial charge on any atom is -0.321 e. The average molecular weight is 631 g/mol. The van der Waals surface area contributed by atoms with Crippen LogP contribution < -0.4 is 16.3 Å². The Morgan fingerprint density at radius 3 is 2.35 bits per heavy atom. The summed E-state index contributed by atoms with van der Waals surface area (Å²) in [5.41, 5.74) is 15.6. The van der Waals surface area contributed by atoms with Crippen molar-refractivity contribution < 1.29 is 0 Å². The zero-order chi connectivity index (χ0) is 32.7. The first kappa shape index (κ1) is 29.1. The molecule has 1 aliphatic heterocycles. The van der Waals surface area contributed by atoms with Crippen molar-refractivity contribution in [1.82, 2.24) is 4.57 Å². The molecule has 49 heavy (non-hydrogen) atoms. The van der Waals surface area contributed by atoms with E-state index >= 15 is 0 Å². The molecule has 2 unspecified atom stereocenters. The Balaban J connectivity index is 1.30. The molecule has 0 amide bonds. The summed E-state index contributed by atoms with van der Waals surface area (Å²) < 4.78 is 2.26. The molecule has 0 saturated heterocycles. The lowest BCUT2D eigenvalue weighted by Gasteiger charge is -2.23. The molecule has 4 nitrogen and oxygen atoms in total. The summed E-state index contributed by atoms with van der Waals surface area (Å²) in [7, 11) is 0. The van der Waals surface area contributed by atoms with Gasteiger partial charge in [0.1, 0.15) is 6.34 Å². The van der Waals surface area contributed by atoms with E-state index in [0.29, 0.717) is 0 Å². The SMILES string of the molecule is NC1C=CC=C/C1=C(/N=C/n1c2cc(-c3ccccc3)ccc2c2c3ccccc3ccc21)C1=c2ccccc2=NC(c2ccccc2)C1. The Morgan fingerprint density at radius 2 is 1.49 bits per heavy atom. The number of aliphatic imine (C=N–C) groups is 1. The molecule has 0 bridgehead atoms. The standard InChI is InChI=1S/C45H34N4/c46-39-21-11-9-20-36(39)45(38-28-41(32-16-5-2-6-17-32)48-40-22-12-10-19-35(38)40)47-29-49-42-26-24-31-15-7-8-18-34(31)44(42)37-25-23-33(27-43(37)49)30-13-3-1-4-14-30/h1-27,29,39,41H,28,46H2/b45-36-,47-29+. The number of allylic oxidation sites excluding steroid dienone is 3. The van der Waals surface area contributed by atoms with Crippen LogP contribution in [0.25, 0.3) is 49.3 Å². The van der Waals surface area contributed by atoms with Gasteiger partial charge in [-0.1, -0.05) is 146 Å². The number of fused-ring (bicyclic) bond motifs is 6. The highest BCUT2D eigenvalue weighted by molar-refractivity contribution is 6.22. The number of nitrogens with two attached hydrogens (primary N) is 1.